The summed E-state index contributed by atoms with van der Waals surface area (Å²) in [6.07, 6.45) is 0. The second-order valence-electron chi connectivity index (χ2n) is 0. The molecule has 0 aromatic carbocycles. The van der Waals surface area contributed by atoms with Crippen molar-refractivity contribution in [2.24, 2.45) is 0 Å². The molecule has 9 heavy (non-hydrogen) atoms. The van der Waals surface area contributed by atoms with E-state index >= 15 is 0 Å². The van der Waals surface area contributed by atoms with Crippen molar-refractivity contribution in [3.05, 3.63) is 0 Å². The van der Waals surface area contributed by atoms with Gasteiger partial charge < -0.3 is 6.15 Å². The third kappa shape index (κ3) is 74.0. The van der Waals surface area contributed by atoms with Gasteiger partial charge >= 0.3 is 0 Å². The van der Waals surface area contributed by atoms with Crippen LogP contribution in [-0.4, -0.2) is 0 Å². The maximum atomic E-state index is 0. The minimum atomic E-state index is 0. The predicted molar refractivity (Wildman–Crippen MR) is 22.3 cm³/mol. The maximum Gasteiger partial charge on any atom is 0 e. The largest absolute Gasteiger partial charge is 0.344 e. The average molecular weight is 575 g/mol. The summed E-state index contributed by atoms with van der Waals surface area (Å²) in [5.41, 5.74) is 0. The van der Waals surface area contributed by atoms with E-state index in [1.54, 1.807) is 0 Å². The van der Waals surface area contributed by atoms with E-state index in [9.17, 15) is 0 Å². The van der Waals surface area contributed by atoms with Crippen LogP contribution in [0.25, 0.3) is 0 Å². The van der Waals surface area contributed by atoms with Crippen LogP contribution in [0.4, 0.5) is 0 Å². The van der Waals surface area contributed by atoms with Gasteiger partial charge in [0.15, 0.2) is 0 Å². The first-order valence-electron chi connectivity index (χ1n) is 0. The normalized spacial score (nSPS) is 0. The Kier molecular flexibility index (Phi) is 1150. The zero-order valence-corrected chi connectivity index (χ0v) is 15.7. The first-order valence-corrected chi connectivity index (χ1v) is 0. The van der Waals surface area contributed by atoms with Gasteiger partial charge in [0.25, 0.3) is 0 Å². The summed E-state index contributed by atoms with van der Waals surface area (Å²) in [4.78, 5) is 0. The summed E-state index contributed by atoms with van der Waals surface area (Å²) in [7, 11) is 0. The standard InChI is InChI=1S/5Mo.H3N.N.2S/h;;;;;1H3;;;. The second kappa shape index (κ2) is 89.5. The summed E-state index contributed by atoms with van der Waals surface area (Å²) < 4.78 is 0. The smallest absolute Gasteiger partial charge is 0 e. The van der Waals surface area contributed by atoms with Crippen LogP contribution in [-0.2, 0) is 105 Å². The van der Waals surface area contributed by atoms with Gasteiger partial charge in [0.05, 0.1) is 0 Å². The molecule has 0 aromatic heterocycles. The number of nitrogens with zero attached hydrogens (tertiary/aromatic N) is 1. The van der Waals surface area contributed by atoms with Gasteiger partial charge in [-0.25, -0.2) is 0 Å². The van der Waals surface area contributed by atoms with Gasteiger partial charge in [0.2, 0.25) is 0 Å². The third-order valence-electron chi connectivity index (χ3n) is 0. The molecule has 0 spiro atoms. The summed E-state index contributed by atoms with van der Waals surface area (Å²) in [6, 6.07) is 0. The number of hydrogen-bond acceptors (Lipinski definition) is 1. The van der Waals surface area contributed by atoms with E-state index in [2.05, 4.69) is 0 Å². The molecule has 0 aliphatic carbocycles. The summed E-state index contributed by atoms with van der Waals surface area (Å²) >= 11 is 0. The molecule has 0 fully saturated rings. The molecule has 7 radical (unpaired) electrons. The van der Waals surface area contributed by atoms with Crippen molar-refractivity contribution in [2.45, 2.75) is 0 Å². The van der Waals surface area contributed by atoms with Crippen LogP contribution in [0.15, 0.2) is 0 Å². The Balaban J connectivity index is 0. The van der Waals surface area contributed by atoms with Gasteiger partial charge in [-0.2, -0.15) is 0 Å². The second-order valence-corrected chi connectivity index (χ2v) is 0. The molecule has 55 valence electrons. The number of rotatable bonds is 0. The van der Waals surface area contributed by atoms with Crippen LogP contribution in [0.5, 0.6) is 0 Å². The molecule has 0 saturated carbocycles. The molecule has 0 aromatic rings. The fourth-order valence-corrected chi connectivity index (χ4v) is 0. The Morgan fingerprint density at radius 3 is 0.444 bits per heavy atom. The first kappa shape index (κ1) is 115. The topological polar surface area (TPSA) is 65.5 Å². The molecular formula is H3Mo5N2S2. The summed E-state index contributed by atoms with van der Waals surface area (Å²) in [6.45, 7) is 0. The molecule has 9 heteroatoms. The van der Waals surface area contributed by atoms with E-state index < -0.39 is 0 Å². The average Bonchev–Trinajstić information content (AvgIpc) is 0. The fraction of sp³-hybridized carbons (Fsp3) is 0. The van der Waals surface area contributed by atoms with Crippen LogP contribution in [0.1, 0.15) is 0 Å². The zero-order chi connectivity index (χ0) is 0. The molecule has 0 unspecified atom stereocenters. The molecule has 0 aliphatic rings. The van der Waals surface area contributed by atoms with Crippen molar-refractivity contribution in [2.75, 3.05) is 0 Å². The van der Waals surface area contributed by atoms with Crippen molar-refractivity contribution in [1.82, 2.24) is 12.3 Å². The van der Waals surface area contributed by atoms with Gasteiger partial charge in [0.1, 0.15) is 0 Å². The molecule has 0 atom stereocenters. The Morgan fingerprint density at radius 1 is 0.444 bits per heavy atom. The van der Waals surface area contributed by atoms with Gasteiger partial charge in [-0.05, 0) is 0 Å². The molecule has 0 rings (SSSR count). The Bertz CT molecular complexity index is 12.9. The quantitative estimate of drug-likeness (QED) is 0.431. The Hall–Kier alpha value is 4.06. The van der Waals surface area contributed by atoms with E-state index in [-0.39, 0.29) is 145 Å². The summed E-state index contributed by atoms with van der Waals surface area (Å²) in [5.74, 6) is 0. The summed E-state index contributed by atoms with van der Waals surface area (Å²) in [5, 5.41) is 0. The molecule has 0 aliphatic heterocycles. The molecule has 0 amide bonds. The van der Waals surface area contributed by atoms with Crippen molar-refractivity contribution in [3.63, 3.8) is 0 Å². The van der Waals surface area contributed by atoms with E-state index in [0.717, 1.165) is 0 Å². The third-order valence-corrected chi connectivity index (χ3v) is 0. The predicted octanol–water partition coefficient (Wildman–Crippen LogP) is 0.965. The van der Waals surface area contributed by atoms with Crippen molar-refractivity contribution >= 4 is 27.0 Å². The minimum Gasteiger partial charge on any atom is -0.344 e. The first-order chi connectivity index (χ1) is 0. The van der Waals surface area contributed by atoms with Crippen molar-refractivity contribution in [3.8, 4) is 0 Å². The number of hydrogen-bond donors (Lipinski definition) is 1. The molecule has 0 bridgehead atoms. The van der Waals surface area contributed by atoms with E-state index in [4.69, 9.17) is 0 Å². The van der Waals surface area contributed by atoms with Crippen LogP contribution < -0.4 is 12.3 Å². The van der Waals surface area contributed by atoms with Gasteiger partial charge in [0, 0.05) is 138 Å². The van der Waals surface area contributed by atoms with Crippen LogP contribution in [0, 0.1) is 0 Å². The van der Waals surface area contributed by atoms with Crippen LogP contribution in [0.2, 0.25) is 0 Å². The van der Waals surface area contributed by atoms with Crippen molar-refractivity contribution in [1.29, 1.82) is 0 Å². The minimum absolute atomic E-state index is 0. The van der Waals surface area contributed by atoms with E-state index in [1.165, 1.54) is 0 Å². The maximum absolute atomic E-state index is 0. The van der Waals surface area contributed by atoms with Gasteiger partial charge in [-0.3, -0.25) is 0 Å². The van der Waals surface area contributed by atoms with Crippen LogP contribution in [0.3, 0.4) is 0 Å². The molecule has 0 saturated heterocycles. The monoisotopic (exact) mass is 585 g/mol. The zero-order valence-electron chi connectivity index (χ0n) is 4.01. The molecular weight excluding hydrogens is 572 g/mol. The fourth-order valence-electron chi connectivity index (χ4n) is 0. The Labute approximate surface area is 142 Å². The Morgan fingerprint density at radius 2 is 0.444 bits per heavy atom. The van der Waals surface area contributed by atoms with Crippen molar-refractivity contribution < 1.29 is 105 Å². The van der Waals surface area contributed by atoms with Gasteiger partial charge in [-0.1, -0.05) is 0 Å². The van der Waals surface area contributed by atoms with Gasteiger partial charge in [-0.15, -0.1) is 0 Å². The molecule has 2 nitrogen and oxygen atoms in total. The van der Waals surface area contributed by atoms with E-state index in [0.29, 0.717) is 0 Å². The molecule has 0 heterocycles. The SMILES string of the molecule is N.[Mo].[Mo].[Mo].[Mo].[Mo].[N].[S].[S]. The molecule has 3 N–H and O–H groups in total. The van der Waals surface area contributed by atoms with E-state index in [1.807, 2.05) is 0 Å². The van der Waals surface area contributed by atoms with Crippen LogP contribution >= 0.6 is 27.0 Å².